The number of hydrogen-bond donors (Lipinski definition) is 0. The van der Waals surface area contributed by atoms with Gasteiger partial charge >= 0.3 is 0 Å². The van der Waals surface area contributed by atoms with Crippen molar-refractivity contribution in [3.05, 3.63) is 11.5 Å². The number of hydrogen-bond acceptors (Lipinski definition) is 2. The minimum Gasteiger partial charge on any atom is -0.300 e. The van der Waals surface area contributed by atoms with Gasteiger partial charge in [-0.1, -0.05) is 52.0 Å². The molecule has 0 aliphatic carbocycles. The van der Waals surface area contributed by atoms with E-state index in [2.05, 4.69) is 18.4 Å². The first-order valence-corrected chi connectivity index (χ1v) is 9.14. The molecule has 0 unspecified atom stereocenters. The topological polar surface area (TPSA) is 17.1 Å². The van der Waals surface area contributed by atoms with E-state index in [0.717, 1.165) is 25.0 Å². The number of ketones is 1. The molecular formula is C17H32OS. The first-order chi connectivity index (χ1) is 9.31. The van der Waals surface area contributed by atoms with E-state index in [4.69, 9.17) is 0 Å². The molecule has 0 aliphatic rings. The Labute approximate surface area is 124 Å². The first kappa shape index (κ1) is 18.8. The van der Waals surface area contributed by atoms with Gasteiger partial charge in [-0.3, -0.25) is 4.79 Å². The molecule has 0 aromatic heterocycles. The smallest absolute Gasteiger partial charge is 0.132 e. The first-order valence-electron chi connectivity index (χ1n) is 8.09. The Morgan fingerprint density at radius 2 is 1.68 bits per heavy atom. The van der Waals surface area contributed by atoms with Crippen molar-refractivity contribution in [1.82, 2.24) is 0 Å². The fraction of sp³-hybridized carbons (Fsp3) is 0.824. The molecule has 0 saturated carbocycles. The zero-order valence-corrected chi connectivity index (χ0v) is 13.8. The van der Waals surface area contributed by atoms with Crippen LogP contribution in [0.1, 0.15) is 84.5 Å². The van der Waals surface area contributed by atoms with Crippen LogP contribution < -0.4 is 0 Å². The molecular weight excluding hydrogens is 252 g/mol. The quantitative estimate of drug-likeness (QED) is 0.357. The number of thioether (sulfide) groups is 1. The predicted octanol–water partition coefficient (Wildman–Crippen LogP) is 6.13. The Morgan fingerprint density at radius 3 is 2.42 bits per heavy atom. The molecule has 112 valence electrons. The molecule has 2 heteroatoms. The molecule has 0 rings (SSSR count). The van der Waals surface area contributed by atoms with Crippen LogP contribution in [-0.4, -0.2) is 11.5 Å². The van der Waals surface area contributed by atoms with Crippen molar-refractivity contribution in [2.45, 2.75) is 84.5 Å². The molecule has 0 fully saturated rings. The molecule has 19 heavy (non-hydrogen) atoms. The van der Waals surface area contributed by atoms with E-state index in [1.807, 2.05) is 18.7 Å². The normalized spacial score (nSPS) is 11.3. The molecule has 1 nitrogen and oxygen atoms in total. The highest BCUT2D eigenvalue weighted by Gasteiger charge is 1.96. The number of Topliss-reactive ketones (excluding diaryl/α,β-unsaturated/α-hetero) is 1. The van der Waals surface area contributed by atoms with Gasteiger partial charge in [0.25, 0.3) is 0 Å². The molecule has 0 bridgehead atoms. The second kappa shape index (κ2) is 15.8. The van der Waals surface area contributed by atoms with Crippen LogP contribution in [0.2, 0.25) is 0 Å². The predicted molar refractivity (Wildman–Crippen MR) is 88.7 cm³/mol. The standard InChI is InChI=1S/C17H32OS/c1-3-5-6-7-8-9-10-12-15-19-16-13-11-14-17(18)4-2/h12,15H,3-11,13-14,16H2,1-2H3. The summed E-state index contributed by atoms with van der Waals surface area (Å²) >= 11 is 1.89. The van der Waals surface area contributed by atoms with E-state index < -0.39 is 0 Å². The Hall–Kier alpha value is -0.240. The Kier molecular flexibility index (Phi) is 15.6. The Bertz CT molecular complexity index is 223. The van der Waals surface area contributed by atoms with Gasteiger partial charge in [-0.15, -0.1) is 11.8 Å². The largest absolute Gasteiger partial charge is 0.300 e. The van der Waals surface area contributed by atoms with Crippen molar-refractivity contribution in [3.8, 4) is 0 Å². The van der Waals surface area contributed by atoms with Gasteiger partial charge in [-0.05, 0) is 36.8 Å². The summed E-state index contributed by atoms with van der Waals surface area (Å²) in [5, 5.41) is 2.24. The van der Waals surface area contributed by atoms with Crippen molar-refractivity contribution in [2.24, 2.45) is 0 Å². The summed E-state index contributed by atoms with van der Waals surface area (Å²) in [6, 6.07) is 0. The molecule has 0 atom stereocenters. The molecule has 0 aliphatic heterocycles. The fourth-order valence-electron chi connectivity index (χ4n) is 1.93. The van der Waals surface area contributed by atoms with Crippen LogP contribution in [0.25, 0.3) is 0 Å². The van der Waals surface area contributed by atoms with E-state index >= 15 is 0 Å². The number of carbonyl (C=O) groups is 1. The van der Waals surface area contributed by atoms with Crippen LogP contribution in [-0.2, 0) is 4.79 Å². The van der Waals surface area contributed by atoms with Crippen molar-refractivity contribution >= 4 is 17.5 Å². The second-order valence-electron chi connectivity index (χ2n) is 5.15. The van der Waals surface area contributed by atoms with Crippen molar-refractivity contribution in [1.29, 1.82) is 0 Å². The number of rotatable bonds is 14. The van der Waals surface area contributed by atoms with Crippen molar-refractivity contribution in [2.75, 3.05) is 5.75 Å². The maximum Gasteiger partial charge on any atom is 0.132 e. The SMILES string of the molecule is CCCCCCCCC=CSCCCCC(=O)CC. The summed E-state index contributed by atoms with van der Waals surface area (Å²) in [6.07, 6.45) is 15.5. The zero-order chi connectivity index (χ0) is 14.2. The molecule has 0 heterocycles. The monoisotopic (exact) mass is 284 g/mol. The van der Waals surface area contributed by atoms with Gasteiger partial charge in [0.15, 0.2) is 0 Å². The lowest BCUT2D eigenvalue weighted by atomic mass is 10.1. The third-order valence-corrected chi connectivity index (χ3v) is 4.19. The van der Waals surface area contributed by atoms with Crippen LogP contribution in [0, 0.1) is 0 Å². The lowest BCUT2D eigenvalue weighted by molar-refractivity contribution is -0.118. The second-order valence-corrected chi connectivity index (χ2v) is 6.16. The van der Waals surface area contributed by atoms with Crippen molar-refractivity contribution < 1.29 is 4.79 Å². The highest BCUT2D eigenvalue weighted by Crippen LogP contribution is 2.11. The lowest BCUT2D eigenvalue weighted by Gasteiger charge is -1.98. The summed E-state index contributed by atoms with van der Waals surface area (Å²) in [4.78, 5) is 11.1. The maximum absolute atomic E-state index is 11.1. The number of unbranched alkanes of at least 4 members (excludes halogenated alkanes) is 7. The summed E-state index contributed by atoms with van der Waals surface area (Å²) in [6.45, 7) is 4.21. The van der Waals surface area contributed by atoms with E-state index in [1.165, 1.54) is 44.9 Å². The molecule has 0 N–H and O–H groups in total. The van der Waals surface area contributed by atoms with Gasteiger partial charge in [0, 0.05) is 12.8 Å². The Balaban J connectivity index is 3.11. The van der Waals surface area contributed by atoms with Crippen LogP contribution in [0.15, 0.2) is 11.5 Å². The number of carbonyl (C=O) groups excluding carboxylic acids is 1. The average molecular weight is 285 g/mol. The Morgan fingerprint density at radius 1 is 0.947 bits per heavy atom. The van der Waals surface area contributed by atoms with Gasteiger partial charge < -0.3 is 0 Å². The van der Waals surface area contributed by atoms with E-state index in [0.29, 0.717) is 12.2 Å². The summed E-state index contributed by atoms with van der Waals surface area (Å²) in [5.74, 6) is 1.56. The zero-order valence-electron chi connectivity index (χ0n) is 13.0. The van der Waals surface area contributed by atoms with Crippen LogP contribution in [0.4, 0.5) is 0 Å². The van der Waals surface area contributed by atoms with Crippen LogP contribution in [0.5, 0.6) is 0 Å². The third kappa shape index (κ3) is 15.7. The van der Waals surface area contributed by atoms with E-state index in [-0.39, 0.29) is 0 Å². The average Bonchev–Trinajstić information content (AvgIpc) is 2.43. The minimum absolute atomic E-state index is 0.406. The van der Waals surface area contributed by atoms with E-state index in [1.54, 1.807) is 0 Å². The van der Waals surface area contributed by atoms with Gasteiger partial charge in [0.1, 0.15) is 5.78 Å². The molecule has 0 amide bonds. The van der Waals surface area contributed by atoms with Crippen molar-refractivity contribution in [3.63, 3.8) is 0 Å². The maximum atomic E-state index is 11.1. The molecule has 0 aromatic carbocycles. The highest BCUT2D eigenvalue weighted by molar-refractivity contribution is 8.02. The minimum atomic E-state index is 0.406. The molecule has 0 saturated heterocycles. The van der Waals surface area contributed by atoms with Gasteiger partial charge in [0.05, 0.1) is 0 Å². The molecule has 0 aromatic rings. The fourth-order valence-corrected chi connectivity index (χ4v) is 2.71. The van der Waals surface area contributed by atoms with Gasteiger partial charge in [-0.25, -0.2) is 0 Å². The summed E-state index contributed by atoms with van der Waals surface area (Å²) < 4.78 is 0. The number of allylic oxidation sites excluding steroid dienone is 1. The summed E-state index contributed by atoms with van der Waals surface area (Å²) in [7, 11) is 0. The lowest BCUT2D eigenvalue weighted by Crippen LogP contribution is -1.94. The van der Waals surface area contributed by atoms with Crippen LogP contribution in [0.3, 0.4) is 0 Å². The van der Waals surface area contributed by atoms with Gasteiger partial charge in [0.2, 0.25) is 0 Å². The van der Waals surface area contributed by atoms with Crippen LogP contribution >= 0.6 is 11.8 Å². The third-order valence-electron chi connectivity index (χ3n) is 3.28. The summed E-state index contributed by atoms with van der Waals surface area (Å²) in [5.41, 5.74) is 0. The highest BCUT2D eigenvalue weighted by atomic mass is 32.2. The molecule has 0 spiro atoms. The van der Waals surface area contributed by atoms with Gasteiger partial charge in [-0.2, -0.15) is 0 Å². The van der Waals surface area contributed by atoms with E-state index in [9.17, 15) is 4.79 Å². The molecule has 0 radical (unpaired) electrons.